The molecule has 0 bridgehead atoms. The van der Waals surface area contributed by atoms with E-state index >= 15 is 0 Å². The van der Waals surface area contributed by atoms with Gasteiger partial charge in [-0.2, -0.15) is 0 Å². The molecular weight excluding hydrogens is 254 g/mol. The van der Waals surface area contributed by atoms with Crippen molar-refractivity contribution in [3.63, 3.8) is 0 Å². The minimum Gasteiger partial charge on any atom is -0.354 e. The molecule has 1 heterocycles. The molecule has 0 aliphatic carbocycles. The molecule has 122 valence electrons. The highest BCUT2D eigenvalue weighted by molar-refractivity contribution is 4.90. The molecule has 0 saturated heterocycles. The molecule has 1 aromatic heterocycles. The van der Waals surface area contributed by atoms with Crippen LogP contribution >= 0.6 is 0 Å². The Kier molecular flexibility index (Phi) is 11.3. The molecule has 0 N–H and O–H groups in total. The highest BCUT2D eigenvalue weighted by Crippen LogP contribution is 2.20. The molecule has 1 heteroatoms. The molecule has 21 heavy (non-hydrogen) atoms. The number of rotatable bonds is 14. The molecular formula is C20H37N. The Morgan fingerprint density at radius 1 is 0.667 bits per heavy atom. The second-order valence-corrected chi connectivity index (χ2v) is 6.65. The maximum Gasteiger partial charge on any atom is 0.0247 e. The molecule has 1 unspecified atom stereocenters. The van der Waals surface area contributed by atoms with Gasteiger partial charge in [0.15, 0.2) is 0 Å². The van der Waals surface area contributed by atoms with Gasteiger partial charge in [0, 0.05) is 18.9 Å². The quantitative estimate of drug-likeness (QED) is 0.331. The molecule has 0 aromatic carbocycles. The Balaban J connectivity index is 2.19. The lowest BCUT2D eigenvalue weighted by atomic mass is 9.94. The summed E-state index contributed by atoms with van der Waals surface area (Å²) in [5, 5.41) is 0. The third-order valence-corrected chi connectivity index (χ3v) is 4.57. The maximum absolute atomic E-state index is 2.38. The van der Waals surface area contributed by atoms with Crippen molar-refractivity contribution in [2.45, 2.75) is 97.4 Å². The first-order chi connectivity index (χ1) is 10.4. The summed E-state index contributed by atoms with van der Waals surface area (Å²) >= 11 is 0. The Hall–Kier alpha value is -0.720. The van der Waals surface area contributed by atoms with E-state index in [9.17, 15) is 0 Å². The van der Waals surface area contributed by atoms with Crippen molar-refractivity contribution in [3.05, 3.63) is 24.5 Å². The first-order valence-electron chi connectivity index (χ1n) is 9.47. The second kappa shape index (κ2) is 13.0. The van der Waals surface area contributed by atoms with Gasteiger partial charge in [0.2, 0.25) is 0 Å². The fourth-order valence-electron chi connectivity index (χ4n) is 3.19. The van der Waals surface area contributed by atoms with Crippen LogP contribution < -0.4 is 0 Å². The zero-order valence-electron chi connectivity index (χ0n) is 14.5. The van der Waals surface area contributed by atoms with E-state index in [1.165, 1.54) is 83.6 Å². The topological polar surface area (TPSA) is 4.93 Å². The summed E-state index contributed by atoms with van der Waals surface area (Å²) in [7, 11) is 0. The predicted octanol–water partition coefficient (Wildman–Crippen LogP) is 6.83. The summed E-state index contributed by atoms with van der Waals surface area (Å²) in [4.78, 5) is 0. The monoisotopic (exact) mass is 291 g/mol. The average Bonchev–Trinajstić information content (AvgIpc) is 2.99. The summed E-state index contributed by atoms with van der Waals surface area (Å²) in [6.45, 7) is 5.82. The van der Waals surface area contributed by atoms with Crippen LogP contribution in [0.1, 0.15) is 90.9 Å². The van der Waals surface area contributed by atoms with E-state index in [1.54, 1.807) is 0 Å². The first-order valence-corrected chi connectivity index (χ1v) is 9.47. The largest absolute Gasteiger partial charge is 0.354 e. The van der Waals surface area contributed by atoms with Crippen LogP contribution in [0.2, 0.25) is 0 Å². The number of hydrogen-bond acceptors (Lipinski definition) is 0. The van der Waals surface area contributed by atoms with Gasteiger partial charge in [0.25, 0.3) is 0 Å². The predicted molar refractivity (Wildman–Crippen MR) is 94.7 cm³/mol. The minimum absolute atomic E-state index is 0.889. The van der Waals surface area contributed by atoms with Gasteiger partial charge in [0.05, 0.1) is 0 Å². The fourth-order valence-corrected chi connectivity index (χ4v) is 3.19. The Morgan fingerprint density at radius 3 is 1.71 bits per heavy atom. The van der Waals surface area contributed by atoms with Gasteiger partial charge >= 0.3 is 0 Å². The summed E-state index contributed by atoms with van der Waals surface area (Å²) in [5.41, 5.74) is 0. The minimum atomic E-state index is 0.889. The SMILES string of the molecule is CCCCCCCCC(CCCCCC)Cn1cccc1. The highest BCUT2D eigenvalue weighted by atomic mass is 14.9. The van der Waals surface area contributed by atoms with E-state index < -0.39 is 0 Å². The molecule has 0 amide bonds. The van der Waals surface area contributed by atoms with Gasteiger partial charge in [0.1, 0.15) is 0 Å². The third kappa shape index (κ3) is 9.77. The van der Waals surface area contributed by atoms with Crippen molar-refractivity contribution in [1.82, 2.24) is 4.57 Å². The van der Waals surface area contributed by atoms with Crippen LogP contribution in [0.4, 0.5) is 0 Å². The van der Waals surface area contributed by atoms with Crippen LogP contribution in [0.3, 0.4) is 0 Å². The summed E-state index contributed by atoms with van der Waals surface area (Å²) < 4.78 is 2.38. The molecule has 0 fully saturated rings. The van der Waals surface area contributed by atoms with E-state index in [2.05, 4.69) is 42.9 Å². The fraction of sp³-hybridized carbons (Fsp3) is 0.800. The molecule has 1 nitrogen and oxygen atoms in total. The first kappa shape index (κ1) is 18.3. The molecule has 0 saturated carbocycles. The van der Waals surface area contributed by atoms with Crippen molar-refractivity contribution < 1.29 is 0 Å². The van der Waals surface area contributed by atoms with Gasteiger partial charge < -0.3 is 4.57 Å². The van der Waals surface area contributed by atoms with Crippen LogP contribution in [-0.2, 0) is 6.54 Å². The lowest BCUT2D eigenvalue weighted by Gasteiger charge is -2.18. The number of nitrogens with zero attached hydrogens (tertiary/aromatic N) is 1. The number of unbranched alkanes of at least 4 members (excludes halogenated alkanes) is 8. The smallest absolute Gasteiger partial charge is 0.0247 e. The molecule has 1 atom stereocenters. The van der Waals surface area contributed by atoms with Crippen molar-refractivity contribution in [3.8, 4) is 0 Å². The Labute approximate surface area is 133 Å². The van der Waals surface area contributed by atoms with Gasteiger partial charge in [-0.05, 0) is 30.9 Å². The standard InChI is InChI=1S/C20H37N/c1-3-5-7-9-10-12-16-20(15-11-8-6-4-2)19-21-17-13-14-18-21/h13-14,17-18,20H,3-12,15-16,19H2,1-2H3. The van der Waals surface area contributed by atoms with E-state index in [-0.39, 0.29) is 0 Å². The Morgan fingerprint density at radius 2 is 1.14 bits per heavy atom. The van der Waals surface area contributed by atoms with Crippen molar-refractivity contribution in [2.75, 3.05) is 0 Å². The lowest BCUT2D eigenvalue weighted by molar-refractivity contribution is 0.358. The zero-order valence-corrected chi connectivity index (χ0v) is 14.5. The van der Waals surface area contributed by atoms with Gasteiger partial charge in [-0.1, -0.05) is 78.1 Å². The zero-order chi connectivity index (χ0) is 15.2. The van der Waals surface area contributed by atoms with Crippen LogP contribution in [0.15, 0.2) is 24.5 Å². The lowest BCUT2D eigenvalue weighted by Crippen LogP contribution is -2.10. The van der Waals surface area contributed by atoms with Crippen LogP contribution in [-0.4, -0.2) is 4.57 Å². The van der Waals surface area contributed by atoms with E-state index in [4.69, 9.17) is 0 Å². The summed E-state index contributed by atoms with van der Waals surface area (Å²) in [6, 6.07) is 4.30. The molecule has 0 aliphatic heterocycles. The van der Waals surface area contributed by atoms with E-state index in [0.717, 1.165) is 5.92 Å². The summed E-state index contributed by atoms with van der Waals surface area (Å²) in [5.74, 6) is 0.889. The van der Waals surface area contributed by atoms with Crippen LogP contribution in [0.25, 0.3) is 0 Å². The van der Waals surface area contributed by atoms with Gasteiger partial charge in [-0.25, -0.2) is 0 Å². The van der Waals surface area contributed by atoms with Crippen molar-refractivity contribution >= 4 is 0 Å². The van der Waals surface area contributed by atoms with Crippen LogP contribution in [0.5, 0.6) is 0 Å². The van der Waals surface area contributed by atoms with E-state index in [1.807, 2.05) is 0 Å². The number of hydrogen-bond donors (Lipinski definition) is 0. The van der Waals surface area contributed by atoms with Crippen molar-refractivity contribution in [2.24, 2.45) is 5.92 Å². The molecule has 1 rings (SSSR count). The molecule has 0 aliphatic rings. The Bertz CT molecular complexity index is 302. The van der Waals surface area contributed by atoms with Crippen molar-refractivity contribution in [1.29, 1.82) is 0 Å². The van der Waals surface area contributed by atoms with Gasteiger partial charge in [-0.15, -0.1) is 0 Å². The molecule has 0 spiro atoms. The normalized spacial score (nSPS) is 12.7. The van der Waals surface area contributed by atoms with Gasteiger partial charge in [-0.3, -0.25) is 0 Å². The summed E-state index contributed by atoms with van der Waals surface area (Å²) in [6.07, 6.45) is 21.4. The molecule has 1 aromatic rings. The van der Waals surface area contributed by atoms with E-state index in [0.29, 0.717) is 0 Å². The molecule has 0 radical (unpaired) electrons. The van der Waals surface area contributed by atoms with Crippen LogP contribution in [0, 0.1) is 5.92 Å². The number of aromatic nitrogens is 1. The average molecular weight is 292 g/mol. The maximum atomic E-state index is 2.38. The second-order valence-electron chi connectivity index (χ2n) is 6.65. The highest BCUT2D eigenvalue weighted by Gasteiger charge is 2.09. The third-order valence-electron chi connectivity index (χ3n) is 4.57.